The van der Waals surface area contributed by atoms with Crippen LogP contribution in [0.1, 0.15) is 10.4 Å². The van der Waals surface area contributed by atoms with E-state index in [9.17, 15) is 17.6 Å². The molecule has 0 saturated heterocycles. The zero-order valence-electron chi connectivity index (χ0n) is 17.9. The van der Waals surface area contributed by atoms with E-state index in [4.69, 9.17) is 0 Å². The van der Waals surface area contributed by atoms with E-state index in [1.807, 2.05) is 0 Å². The van der Waals surface area contributed by atoms with Gasteiger partial charge in [0.25, 0.3) is 15.9 Å². The summed E-state index contributed by atoms with van der Waals surface area (Å²) in [4.78, 5) is 17.3. The molecule has 0 aliphatic heterocycles. The normalized spacial score (nSPS) is 11.2. The zero-order valence-corrected chi connectivity index (χ0v) is 18.8. The molecule has 4 aromatic rings. The Kier molecular flexibility index (Phi) is 5.97. The molecule has 0 unspecified atom stereocenters. The number of aryl methyl sites for hydroxylation is 1. The highest BCUT2D eigenvalue weighted by Gasteiger charge is 2.23. The van der Waals surface area contributed by atoms with Gasteiger partial charge in [0.15, 0.2) is 0 Å². The van der Waals surface area contributed by atoms with Gasteiger partial charge >= 0.3 is 0 Å². The van der Waals surface area contributed by atoms with Crippen LogP contribution in [0.2, 0.25) is 0 Å². The Morgan fingerprint density at radius 1 is 1.00 bits per heavy atom. The smallest absolute Gasteiger partial charge is 0.264 e. The molecular formula is C24H21FN4O3S. The molecule has 0 saturated carbocycles. The van der Waals surface area contributed by atoms with Gasteiger partial charge in [-0.1, -0.05) is 24.3 Å². The minimum Gasteiger partial charge on any atom is -0.320 e. The highest BCUT2D eigenvalue weighted by atomic mass is 32.2. The number of rotatable bonds is 6. The second-order valence-corrected chi connectivity index (χ2v) is 9.32. The van der Waals surface area contributed by atoms with Gasteiger partial charge in [-0.3, -0.25) is 9.10 Å². The summed E-state index contributed by atoms with van der Waals surface area (Å²) >= 11 is 0. The largest absolute Gasteiger partial charge is 0.320 e. The molecule has 0 fully saturated rings. The maximum Gasteiger partial charge on any atom is 0.264 e. The van der Waals surface area contributed by atoms with Crippen molar-refractivity contribution in [3.8, 4) is 11.3 Å². The molecule has 0 spiro atoms. The van der Waals surface area contributed by atoms with Crippen LogP contribution in [0.3, 0.4) is 0 Å². The van der Waals surface area contributed by atoms with Gasteiger partial charge in [0.05, 0.1) is 16.9 Å². The minimum atomic E-state index is -3.87. The number of amides is 1. The molecule has 0 aliphatic rings. The molecule has 0 radical (unpaired) electrons. The van der Waals surface area contributed by atoms with Gasteiger partial charge in [-0.2, -0.15) is 0 Å². The number of aromatic nitrogens is 2. The van der Waals surface area contributed by atoms with E-state index in [0.29, 0.717) is 22.8 Å². The van der Waals surface area contributed by atoms with Crippen molar-refractivity contribution in [2.24, 2.45) is 7.05 Å². The fourth-order valence-electron chi connectivity index (χ4n) is 3.31. The molecule has 1 N–H and O–H groups in total. The molecule has 0 aliphatic carbocycles. The third-order valence-corrected chi connectivity index (χ3v) is 6.94. The lowest BCUT2D eigenvalue weighted by Crippen LogP contribution is -2.26. The Labute approximate surface area is 191 Å². The summed E-state index contributed by atoms with van der Waals surface area (Å²) in [7, 11) is -0.699. The van der Waals surface area contributed by atoms with Crippen LogP contribution in [0, 0.1) is 5.82 Å². The lowest BCUT2D eigenvalue weighted by atomic mass is 10.1. The number of imidazole rings is 1. The van der Waals surface area contributed by atoms with Gasteiger partial charge < -0.3 is 9.88 Å². The number of hydrogen-bond acceptors (Lipinski definition) is 4. The Morgan fingerprint density at radius 3 is 2.39 bits per heavy atom. The predicted octanol–water partition coefficient (Wildman–Crippen LogP) is 4.30. The maximum atomic E-state index is 13.3. The van der Waals surface area contributed by atoms with Gasteiger partial charge in [0, 0.05) is 25.2 Å². The SMILES string of the molecule is CN(c1ccccc1)S(=O)(=O)c1cccc(C(=O)Nc2c(-c3ccc(F)cc3)ncn2C)c1. The van der Waals surface area contributed by atoms with Crippen molar-refractivity contribution >= 4 is 27.4 Å². The van der Waals surface area contributed by atoms with Crippen LogP contribution >= 0.6 is 0 Å². The van der Waals surface area contributed by atoms with Gasteiger partial charge in [0.1, 0.15) is 17.3 Å². The summed E-state index contributed by atoms with van der Waals surface area (Å²) < 4.78 is 42.3. The zero-order chi connectivity index (χ0) is 23.6. The first kappa shape index (κ1) is 22.2. The number of nitrogens with one attached hydrogen (secondary N) is 1. The summed E-state index contributed by atoms with van der Waals surface area (Å²) in [5.41, 5.74) is 1.78. The molecule has 4 rings (SSSR count). The third-order valence-electron chi connectivity index (χ3n) is 5.16. The van der Waals surface area contributed by atoms with Gasteiger partial charge in [-0.25, -0.2) is 17.8 Å². The maximum absolute atomic E-state index is 13.3. The molecule has 3 aromatic carbocycles. The van der Waals surface area contributed by atoms with Crippen molar-refractivity contribution in [3.63, 3.8) is 0 Å². The fraction of sp³-hybridized carbons (Fsp3) is 0.0833. The number of para-hydroxylation sites is 1. The fourth-order valence-corrected chi connectivity index (χ4v) is 4.55. The van der Waals surface area contributed by atoms with Crippen LogP contribution < -0.4 is 9.62 Å². The lowest BCUT2D eigenvalue weighted by molar-refractivity contribution is 0.102. The number of halogens is 1. The number of sulfonamides is 1. The van der Waals surface area contributed by atoms with Crippen LogP contribution in [0.4, 0.5) is 15.9 Å². The Hall–Kier alpha value is -3.98. The topological polar surface area (TPSA) is 84.3 Å². The average molecular weight is 465 g/mol. The highest BCUT2D eigenvalue weighted by molar-refractivity contribution is 7.92. The first-order chi connectivity index (χ1) is 15.8. The molecule has 33 heavy (non-hydrogen) atoms. The van der Waals surface area contributed by atoms with E-state index in [1.165, 1.54) is 49.8 Å². The van der Waals surface area contributed by atoms with Crippen LogP contribution in [-0.4, -0.2) is 30.9 Å². The van der Waals surface area contributed by atoms with Crippen molar-refractivity contribution in [3.05, 3.63) is 96.6 Å². The van der Waals surface area contributed by atoms with Gasteiger partial charge in [-0.05, 0) is 54.6 Å². The summed E-state index contributed by atoms with van der Waals surface area (Å²) in [6, 6.07) is 20.3. The van der Waals surface area contributed by atoms with E-state index in [1.54, 1.807) is 54.1 Å². The van der Waals surface area contributed by atoms with Gasteiger partial charge in [-0.15, -0.1) is 0 Å². The Bertz CT molecular complexity index is 1400. The quantitative estimate of drug-likeness (QED) is 0.461. The number of hydrogen-bond donors (Lipinski definition) is 1. The molecule has 0 atom stereocenters. The van der Waals surface area contributed by atoms with Crippen molar-refractivity contribution < 1.29 is 17.6 Å². The summed E-state index contributed by atoms with van der Waals surface area (Å²) in [6.07, 6.45) is 1.53. The number of nitrogens with zero attached hydrogens (tertiary/aromatic N) is 3. The van der Waals surface area contributed by atoms with Crippen LogP contribution in [0.25, 0.3) is 11.3 Å². The van der Waals surface area contributed by atoms with E-state index in [2.05, 4.69) is 10.3 Å². The standard InChI is InChI=1S/C24H21FN4O3S/c1-28-16-26-22(17-11-13-19(25)14-12-17)23(28)27-24(30)18-7-6-10-21(15-18)33(31,32)29(2)20-8-4-3-5-9-20/h3-16H,1-2H3,(H,27,30). The third kappa shape index (κ3) is 4.49. The first-order valence-corrected chi connectivity index (χ1v) is 11.4. The Balaban J connectivity index is 1.62. The van der Waals surface area contributed by atoms with Crippen molar-refractivity contribution in [2.45, 2.75) is 4.90 Å². The van der Waals surface area contributed by atoms with Gasteiger partial charge in [0.2, 0.25) is 0 Å². The molecule has 9 heteroatoms. The van der Waals surface area contributed by atoms with Crippen molar-refractivity contribution in [2.75, 3.05) is 16.7 Å². The molecule has 1 aromatic heterocycles. The van der Waals surface area contributed by atoms with E-state index in [0.717, 1.165) is 4.31 Å². The van der Waals surface area contributed by atoms with Crippen LogP contribution in [-0.2, 0) is 17.1 Å². The highest BCUT2D eigenvalue weighted by Crippen LogP contribution is 2.27. The van der Waals surface area contributed by atoms with Crippen LogP contribution in [0.5, 0.6) is 0 Å². The molecular weight excluding hydrogens is 443 g/mol. The second kappa shape index (κ2) is 8.87. The minimum absolute atomic E-state index is 0.00901. The van der Waals surface area contributed by atoms with Crippen molar-refractivity contribution in [1.29, 1.82) is 0 Å². The van der Waals surface area contributed by atoms with Crippen LogP contribution in [0.15, 0.2) is 90.1 Å². The molecule has 1 amide bonds. The van der Waals surface area contributed by atoms with Crippen molar-refractivity contribution in [1.82, 2.24) is 9.55 Å². The predicted molar refractivity (Wildman–Crippen MR) is 125 cm³/mol. The second-order valence-electron chi connectivity index (χ2n) is 7.35. The summed E-state index contributed by atoms with van der Waals surface area (Å²) in [6.45, 7) is 0. The number of anilines is 2. The molecule has 0 bridgehead atoms. The van der Waals surface area contributed by atoms with E-state index in [-0.39, 0.29) is 16.3 Å². The first-order valence-electron chi connectivity index (χ1n) is 10.00. The molecule has 1 heterocycles. The number of carbonyl (C=O) groups excluding carboxylic acids is 1. The van der Waals surface area contributed by atoms with E-state index < -0.39 is 15.9 Å². The number of benzene rings is 3. The summed E-state index contributed by atoms with van der Waals surface area (Å²) in [5, 5.41) is 2.79. The Morgan fingerprint density at radius 2 is 1.70 bits per heavy atom. The molecule has 168 valence electrons. The number of carbonyl (C=O) groups is 1. The summed E-state index contributed by atoms with van der Waals surface area (Å²) in [5.74, 6) is -0.471. The molecule has 7 nitrogen and oxygen atoms in total. The van der Waals surface area contributed by atoms with E-state index >= 15 is 0 Å². The lowest BCUT2D eigenvalue weighted by Gasteiger charge is -2.19. The average Bonchev–Trinajstić information content (AvgIpc) is 3.19. The monoisotopic (exact) mass is 464 g/mol.